The number of rotatable bonds is 4. The van der Waals surface area contributed by atoms with Gasteiger partial charge in [-0.3, -0.25) is 9.69 Å². The number of imidazole rings is 1. The van der Waals surface area contributed by atoms with Crippen molar-refractivity contribution in [3.05, 3.63) is 45.7 Å². The highest BCUT2D eigenvalue weighted by molar-refractivity contribution is 5.34. The van der Waals surface area contributed by atoms with Crippen LogP contribution in [0.5, 0.6) is 0 Å². The first kappa shape index (κ1) is 20.3. The largest absolute Gasteiger partial charge is 0.333 e. The average Bonchev–Trinajstić information content (AvgIpc) is 3.27. The first-order valence-corrected chi connectivity index (χ1v) is 11.1. The predicted octanol–water partition coefficient (Wildman–Crippen LogP) is 3.19. The summed E-state index contributed by atoms with van der Waals surface area (Å²) < 4.78 is 2.29. The van der Waals surface area contributed by atoms with Crippen molar-refractivity contribution in [2.75, 3.05) is 13.1 Å². The molecule has 0 saturated carbocycles. The third-order valence-corrected chi connectivity index (χ3v) is 7.04. The van der Waals surface area contributed by atoms with Gasteiger partial charge in [-0.2, -0.15) is 0 Å². The number of hydrogen-bond acceptors (Lipinski definition) is 4. The van der Waals surface area contributed by atoms with Gasteiger partial charge in [0.25, 0.3) is 5.56 Å². The van der Waals surface area contributed by atoms with Crippen LogP contribution in [0.3, 0.4) is 0 Å². The zero-order valence-electron chi connectivity index (χ0n) is 18.6. The number of hydrogen-bond donors (Lipinski definition) is 1. The molecule has 0 bridgehead atoms. The van der Waals surface area contributed by atoms with Gasteiger partial charge in [0, 0.05) is 47.8 Å². The van der Waals surface area contributed by atoms with Crippen molar-refractivity contribution in [1.29, 1.82) is 0 Å². The number of aromatic nitrogens is 4. The number of H-pyrrole nitrogens is 1. The first-order valence-electron chi connectivity index (χ1n) is 11.1. The second kappa shape index (κ2) is 7.38. The van der Waals surface area contributed by atoms with Crippen LogP contribution < -0.4 is 5.56 Å². The molecule has 2 aromatic heterocycles. The molecule has 6 heteroatoms. The number of piperidine rings is 1. The maximum absolute atomic E-state index is 12.7. The molecule has 1 saturated heterocycles. The summed E-state index contributed by atoms with van der Waals surface area (Å²) in [5.41, 5.74) is 2.06. The molecule has 1 atom stereocenters. The van der Waals surface area contributed by atoms with Gasteiger partial charge in [0.15, 0.2) is 0 Å². The van der Waals surface area contributed by atoms with Gasteiger partial charge in [-0.1, -0.05) is 27.7 Å². The molecule has 2 aliphatic rings. The third-order valence-electron chi connectivity index (χ3n) is 7.04. The molecule has 2 aromatic rings. The summed E-state index contributed by atoms with van der Waals surface area (Å²) >= 11 is 0. The molecule has 0 amide bonds. The minimum Gasteiger partial charge on any atom is -0.333 e. The Labute approximate surface area is 173 Å². The van der Waals surface area contributed by atoms with Crippen molar-refractivity contribution in [2.24, 2.45) is 0 Å². The highest BCUT2D eigenvalue weighted by atomic mass is 16.1. The Bertz CT molecular complexity index is 927. The molecule has 3 heterocycles. The van der Waals surface area contributed by atoms with Gasteiger partial charge in [0.2, 0.25) is 0 Å². The molecule has 1 aliphatic heterocycles. The van der Waals surface area contributed by atoms with Gasteiger partial charge < -0.3 is 9.55 Å². The van der Waals surface area contributed by atoms with Crippen molar-refractivity contribution in [3.8, 4) is 0 Å². The Hall–Kier alpha value is -1.95. The molecular formula is C23H35N5O. The molecule has 1 unspecified atom stereocenters. The molecule has 1 fully saturated rings. The second-order valence-corrected chi connectivity index (χ2v) is 10.0. The smallest absolute Gasteiger partial charge is 0.254 e. The van der Waals surface area contributed by atoms with Crippen molar-refractivity contribution in [2.45, 2.75) is 90.1 Å². The molecular weight excluding hydrogens is 362 g/mol. The normalized spacial score (nSPS) is 20.2. The molecule has 29 heavy (non-hydrogen) atoms. The lowest BCUT2D eigenvalue weighted by atomic mass is 9.75. The lowest BCUT2D eigenvalue weighted by Crippen LogP contribution is -2.47. The van der Waals surface area contributed by atoms with Gasteiger partial charge in [-0.15, -0.1) is 0 Å². The van der Waals surface area contributed by atoms with E-state index < -0.39 is 0 Å². The molecule has 0 radical (unpaired) electrons. The van der Waals surface area contributed by atoms with E-state index in [1.165, 1.54) is 0 Å². The van der Waals surface area contributed by atoms with Gasteiger partial charge in [-0.25, -0.2) is 9.97 Å². The number of aryl methyl sites for hydroxylation is 1. The second-order valence-electron chi connectivity index (χ2n) is 10.0. The number of likely N-dealkylation sites (tertiary alicyclic amines) is 1. The van der Waals surface area contributed by atoms with Crippen LogP contribution in [0.4, 0.5) is 0 Å². The fraction of sp³-hybridized carbons (Fsp3) is 0.696. The van der Waals surface area contributed by atoms with Crippen LogP contribution in [0.15, 0.2) is 17.2 Å². The fourth-order valence-corrected chi connectivity index (χ4v) is 5.11. The van der Waals surface area contributed by atoms with Crippen molar-refractivity contribution >= 4 is 0 Å². The van der Waals surface area contributed by atoms with Crippen LogP contribution in [0, 0.1) is 0 Å². The van der Waals surface area contributed by atoms with E-state index in [1.54, 1.807) is 0 Å². The maximum Gasteiger partial charge on any atom is 0.254 e. The van der Waals surface area contributed by atoms with Gasteiger partial charge in [0.1, 0.15) is 11.6 Å². The topological polar surface area (TPSA) is 66.8 Å². The average molecular weight is 398 g/mol. The predicted molar refractivity (Wildman–Crippen MR) is 115 cm³/mol. The fourth-order valence-electron chi connectivity index (χ4n) is 5.11. The Kier molecular flexibility index (Phi) is 5.18. The lowest BCUT2D eigenvalue weighted by molar-refractivity contribution is 0.110. The zero-order valence-corrected chi connectivity index (χ0v) is 18.6. The minimum atomic E-state index is -0.144. The van der Waals surface area contributed by atoms with Crippen LogP contribution in [0.25, 0.3) is 0 Å². The summed E-state index contributed by atoms with van der Waals surface area (Å²) in [6.07, 6.45) is 9.09. The van der Waals surface area contributed by atoms with Crippen molar-refractivity contribution in [3.63, 3.8) is 0 Å². The standard InChI is InChI=1S/C23H35N5O/c1-6-18-24-11-14-28(18)15-16(2)27-12-9-23(10-13-27)8-7-17-19(23)25-21(22(3,4)5)26-20(17)29/h11,14,16H,6-10,12-13,15H2,1-5H3,(H,25,26,29). The minimum absolute atomic E-state index is 0.0831. The van der Waals surface area contributed by atoms with E-state index in [9.17, 15) is 4.79 Å². The first-order chi connectivity index (χ1) is 13.7. The van der Waals surface area contributed by atoms with E-state index in [4.69, 9.17) is 4.98 Å². The Morgan fingerprint density at radius 1 is 1.24 bits per heavy atom. The van der Waals surface area contributed by atoms with Crippen LogP contribution >= 0.6 is 0 Å². The van der Waals surface area contributed by atoms with E-state index in [1.807, 2.05) is 6.20 Å². The molecule has 1 aliphatic carbocycles. The van der Waals surface area contributed by atoms with E-state index in [0.717, 1.165) is 74.6 Å². The van der Waals surface area contributed by atoms with Crippen LogP contribution in [-0.2, 0) is 30.2 Å². The van der Waals surface area contributed by atoms with Gasteiger partial charge in [-0.05, 0) is 45.7 Å². The van der Waals surface area contributed by atoms with Gasteiger partial charge in [0.05, 0.1) is 5.69 Å². The van der Waals surface area contributed by atoms with Crippen LogP contribution in [-0.4, -0.2) is 43.6 Å². The molecule has 0 aromatic carbocycles. The van der Waals surface area contributed by atoms with Crippen molar-refractivity contribution in [1.82, 2.24) is 24.4 Å². The number of aromatic amines is 1. The Morgan fingerprint density at radius 3 is 2.62 bits per heavy atom. The molecule has 1 N–H and O–H groups in total. The van der Waals surface area contributed by atoms with E-state index in [2.05, 4.69) is 60.3 Å². The van der Waals surface area contributed by atoms with Crippen LogP contribution in [0.1, 0.15) is 76.8 Å². The SMILES string of the molecule is CCc1nccn1CC(C)N1CCC2(CCc3c2nc(C(C)(C)C)[nH]c3=O)CC1. The van der Waals surface area contributed by atoms with Gasteiger partial charge >= 0.3 is 0 Å². The molecule has 6 nitrogen and oxygen atoms in total. The lowest BCUT2D eigenvalue weighted by Gasteiger charge is -2.42. The highest BCUT2D eigenvalue weighted by Crippen LogP contribution is 2.44. The maximum atomic E-state index is 12.7. The van der Waals surface area contributed by atoms with E-state index in [0.29, 0.717) is 6.04 Å². The summed E-state index contributed by atoms with van der Waals surface area (Å²) in [6.45, 7) is 13.9. The van der Waals surface area contributed by atoms with Crippen molar-refractivity contribution < 1.29 is 0 Å². The molecule has 1 spiro atoms. The third kappa shape index (κ3) is 3.67. The highest BCUT2D eigenvalue weighted by Gasteiger charge is 2.44. The van der Waals surface area contributed by atoms with E-state index in [-0.39, 0.29) is 16.4 Å². The Balaban J connectivity index is 1.50. The summed E-state index contributed by atoms with van der Waals surface area (Å²) in [5, 5.41) is 0. The van der Waals surface area contributed by atoms with Crippen LogP contribution in [0.2, 0.25) is 0 Å². The summed E-state index contributed by atoms with van der Waals surface area (Å²) in [5.74, 6) is 1.98. The summed E-state index contributed by atoms with van der Waals surface area (Å²) in [7, 11) is 0. The zero-order chi connectivity index (χ0) is 20.8. The molecule has 4 rings (SSSR count). The quantitative estimate of drug-likeness (QED) is 0.860. The number of fused-ring (bicyclic) bond motifs is 2. The Morgan fingerprint density at radius 2 is 1.97 bits per heavy atom. The number of nitrogens with zero attached hydrogens (tertiary/aromatic N) is 4. The summed E-state index contributed by atoms with van der Waals surface area (Å²) in [6, 6.07) is 0.477. The summed E-state index contributed by atoms with van der Waals surface area (Å²) in [4.78, 5) is 27.8. The molecule has 158 valence electrons. The monoisotopic (exact) mass is 397 g/mol. The van der Waals surface area contributed by atoms with E-state index >= 15 is 0 Å². The number of nitrogens with one attached hydrogen (secondary N) is 1.